The number of fused-ring (bicyclic) bond motifs is 1. The van der Waals surface area contributed by atoms with Crippen molar-refractivity contribution in [1.29, 1.82) is 0 Å². The third-order valence-corrected chi connectivity index (χ3v) is 4.43. The number of rotatable bonds is 3. The number of ether oxygens (including phenoxy) is 1. The van der Waals surface area contributed by atoms with Gasteiger partial charge in [-0.05, 0) is 13.8 Å². The number of aryl methyl sites for hydroxylation is 2. The van der Waals surface area contributed by atoms with Gasteiger partial charge >= 0.3 is 5.97 Å². The highest BCUT2D eigenvalue weighted by Gasteiger charge is 2.56. The maximum atomic E-state index is 11.5. The number of likely N-dealkylation sites (tertiary alicyclic amines) is 1. The zero-order chi connectivity index (χ0) is 16.3. The Morgan fingerprint density at radius 2 is 2.23 bits per heavy atom. The number of aromatic nitrogens is 1. The third kappa shape index (κ3) is 2.84. The van der Waals surface area contributed by atoms with Gasteiger partial charge in [0.1, 0.15) is 11.2 Å². The van der Waals surface area contributed by atoms with E-state index in [0.717, 1.165) is 23.6 Å². The SMILES string of the molecule is Cc1noc(C)c1CN1C[C@@H]2COC[C@]2(C(=O)O)C1.O=CO. The van der Waals surface area contributed by atoms with Crippen molar-refractivity contribution < 1.29 is 29.1 Å². The first-order valence-corrected chi connectivity index (χ1v) is 6.97. The predicted molar refractivity (Wildman–Crippen MR) is 74.3 cm³/mol. The molecule has 0 aromatic carbocycles. The van der Waals surface area contributed by atoms with Crippen molar-refractivity contribution in [3.05, 3.63) is 17.0 Å². The first-order chi connectivity index (χ1) is 10.4. The highest BCUT2D eigenvalue weighted by Crippen LogP contribution is 2.42. The van der Waals surface area contributed by atoms with E-state index < -0.39 is 11.4 Å². The van der Waals surface area contributed by atoms with Gasteiger partial charge in [0.05, 0.1) is 18.9 Å². The Bertz CT molecular complexity index is 538. The zero-order valence-electron chi connectivity index (χ0n) is 12.6. The highest BCUT2D eigenvalue weighted by atomic mass is 16.5. The number of hydrogen-bond acceptors (Lipinski definition) is 6. The van der Waals surface area contributed by atoms with E-state index in [9.17, 15) is 9.90 Å². The first kappa shape index (κ1) is 16.4. The van der Waals surface area contributed by atoms with Gasteiger partial charge in [-0.15, -0.1) is 0 Å². The second-order valence-corrected chi connectivity index (χ2v) is 5.75. The molecule has 1 aromatic heterocycles. The van der Waals surface area contributed by atoms with Crippen LogP contribution in [0.15, 0.2) is 4.52 Å². The number of nitrogens with zero attached hydrogens (tertiary/aromatic N) is 2. The lowest BCUT2D eigenvalue weighted by Gasteiger charge is -2.21. The Kier molecular flexibility index (Phi) is 4.82. The Balaban J connectivity index is 0.000000545. The summed E-state index contributed by atoms with van der Waals surface area (Å²) in [7, 11) is 0. The van der Waals surface area contributed by atoms with E-state index in [1.807, 2.05) is 13.8 Å². The number of carboxylic acids is 1. The van der Waals surface area contributed by atoms with Crippen LogP contribution < -0.4 is 0 Å². The van der Waals surface area contributed by atoms with Gasteiger partial charge in [0.15, 0.2) is 0 Å². The Morgan fingerprint density at radius 3 is 2.73 bits per heavy atom. The molecule has 0 radical (unpaired) electrons. The molecule has 0 unspecified atom stereocenters. The topological polar surface area (TPSA) is 113 Å². The van der Waals surface area contributed by atoms with E-state index in [2.05, 4.69) is 10.1 Å². The van der Waals surface area contributed by atoms with Gasteiger partial charge in [0.25, 0.3) is 6.47 Å². The standard InChI is InChI=1S/C13H18N2O4.CH2O2/c1-8-11(9(2)19-14-8)4-15-3-10-5-18-7-13(10,6-15)12(16)17;2-1-3/h10H,3-7H2,1-2H3,(H,16,17);1H,(H,2,3)/t10-,13-;/m1./s1. The van der Waals surface area contributed by atoms with Gasteiger partial charge in [-0.25, -0.2) is 0 Å². The monoisotopic (exact) mass is 312 g/mol. The lowest BCUT2D eigenvalue weighted by Crippen LogP contribution is -2.38. The van der Waals surface area contributed by atoms with Crippen molar-refractivity contribution in [3.8, 4) is 0 Å². The van der Waals surface area contributed by atoms with Gasteiger partial charge in [-0.3, -0.25) is 14.5 Å². The second kappa shape index (κ2) is 6.45. The molecule has 3 rings (SSSR count). The van der Waals surface area contributed by atoms with Crippen LogP contribution in [0, 0.1) is 25.2 Å². The lowest BCUT2D eigenvalue weighted by molar-refractivity contribution is -0.149. The van der Waals surface area contributed by atoms with Crippen LogP contribution in [0.5, 0.6) is 0 Å². The van der Waals surface area contributed by atoms with Gasteiger partial charge < -0.3 is 19.5 Å². The summed E-state index contributed by atoms with van der Waals surface area (Å²) in [5, 5.41) is 20.3. The smallest absolute Gasteiger partial charge is 0.313 e. The van der Waals surface area contributed by atoms with Crippen LogP contribution >= 0.6 is 0 Å². The molecule has 8 heteroatoms. The van der Waals surface area contributed by atoms with Crippen LogP contribution in [0.3, 0.4) is 0 Å². The summed E-state index contributed by atoms with van der Waals surface area (Å²) in [5.74, 6) is 0.164. The van der Waals surface area contributed by atoms with E-state index in [-0.39, 0.29) is 12.4 Å². The summed E-state index contributed by atoms with van der Waals surface area (Å²) in [4.78, 5) is 22.1. The van der Waals surface area contributed by atoms with Crippen molar-refractivity contribution in [2.45, 2.75) is 20.4 Å². The number of carbonyl (C=O) groups is 2. The van der Waals surface area contributed by atoms with Crippen LogP contribution in [0.2, 0.25) is 0 Å². The van der Waals surface area contributed by atoms with Crippen LogP contribution in [-0.2, 0) is 20.9 Å². The molecule has 2 aliphatic heterocycles. The van der Waals surface area contributed by atoms with Crippen molar-refractivity contribution >= 4 is 12.4 Å². The molecule has 1 aromatic rings. The zero-order valence-corrected chi connectivity index (χ0v) is 12.6. The molecule has 0 bridgehead atoms. The lowest BCUT2D eigenvalue weighted by atomic mass is 9.81. The molecule has 2 atom stereocenters. The fourth-order valence-electron chi connectivity index (χ4n) is 3.21. The van der Waals surface area contributed by atoms with Crippen LogP contribution in [0.4, 0.5) is 0 Å². The number of carboxylic acid groups (broad SMARTS) is 2. The summed E-state index contributed by atoms with van der Waals surface area (Å²) in [6.45, 7) is 6.43. The largest absolute Gasteiger partial charge is 0.483 e. The molecule has 22 heavy (non-hydrogen) atoms. The molecule has 8 nitrogen and oxygen atoms in total. The van der Waals surface area contributed by atoms with Gasteiger partial charge in [0, 0.05) is 31.1 Å². The minimum atomic E-state index is -0.740. The second-order valence-electron chi connectivity index (χ2n) is 5.75. The molecule has 0 aliphatic carbocycles. The van der Waals surface area contributed by atoms with Crippen molar-refractivity contribution in [2.75, 3.05) is 26.3 Å². The van der Waals surface area contributed by atoms with Crippen molar-refractivity contribution in [3.63, 3.8) is 0 Å². The van der Waals surface area contributed by atoms with Crippen molar-refractivity contribution in [1.82, 2.24) is 10.1 Å². The molecule has 2 fully saturated rings. The fraction of sp³-hybridized carbons (Fsp3) is 0.643. The maximum absolute atomic E-state index is 11.5. The van der Waals surface area contributed by atoms with E-state index in [0.29, 0.717) is 26.3 Å². The average Bonchev–Trinajstić information content (AvgIpc) is 3.08. The molecule has 0 spiro atoms. The molecule has 122 valence electrons. The van der Waals surface area contributed by atoms with Crippen LogP contribution in [0.1, 0.15) is 17.0 Å². The molecular formula is C14H20N2O6. The van der Waals surface area contributed by atoms with Crippen LogP contribution in [-0.4, -0.2) is 59.0 Å². The highest BCUT2D eigenvalue weighted by molar-refractivity contribution is 5.76. The minimum absolute atomic E-state index is 0.0884. The quantitative estimate of drug-likeness (QED) is 0.777. The summed E-state index contributed by atoms with van der Waals surface area (Å²) in [5.41, 5.74) is 1.23. The van der Waals surface area contributed by atoms with Crippen LogP contribution in [0.25, 0.3) is 0 Å². The van der Waals surface area contributed by atoms with E-state index in [1.165, 1.54) is 0 Å². The molecule has 2 N–H and O–H groups in total. The molecule has 3 heterocycles. The number of hydrogen-bond donors (Lipinski definition) is 2. The van der Waals surface area contributed by atoms with E-state index >= 15 is 0 Å². The van der Waals surface area contributed by atoms with E-state index in [1.54, 1.807) is 0 Å². The van der Waals surface area contributed by atoms with Gasteiger partial charge in [0.2, 0.25) is 0 Å². The Hall–Kier alpha value is -1.93. The minimum Gasteiger partial charge on any atom is -0.483 e. The maximum Gasteiger partial charge on any atom is 0.313 e. The Labute approximate surface area is 127 Å². The first-order valence-electron chi connectivity index (χ1n) is 6.97. The Morgan fingerprint density at radius 1 is 1.55 bits per heavy atom. The average molecular weight is 312 g/mol. The van der Waals surface area contributed by atoms with Crippen molar-refractivity contribution in [2.24, 2.45) is 11.3 Å². The molecule has 2 saturated heterocycles. The van der Waals surface area contributed by atoms with Gasteiger partial charge in [-0.1, -0.05) is 5.16 Å². The normalized spacial score (nSPS) is 27.1. The van der Waals surface area contributed by atoms with Gasteiger partial charge in [-0.2, -0.15) is 0 Å². The summed E-state index contributed by atoms with van der Waals surface area (Å²) in [6, 6.07) is 0. The third-order valence-electron chi connectivity index (χ3n) is 4.43. The number of aliphatic carboxylic acids is 1. The molecule has 0 saturated carbocycles. The molecule has 2 aliphatic rings. The predicted octanol–water partition coefficient (Wildman–Crippen LogP) is 0.525. The fourth-order valence-corrected chi connectivity index (χ4v) is 3.21. The molecule has 0 amide bonds. The molecular weight excluding hydrogens is 292 g/mol. The summed E-state index contributed by atoms with van der Waals surface area (Å²) in [6.07, 6.45) is 0. The summed E-state index contributed by atoms with van der Waals surface area (Å²) < 4.78 is 10.5. The summed E-state index contributed by atoms with van der Waals surface area (Å²) >= 11 is 0. The van der Waals surface area contributed by atoms with E-state index in [4.69, 9.17) is 19.2 Å².